The molecular formula is C21H32N4O5. The molecule has 1 aromatic heterocycles. The number of amides is 2. The third-order valence-corrected chi connectivity index (χ3v) is 6.09. The number of carbonyl (C=O) groups excluding carboxylic acids is 2. The number of hydrogen-bond acceptors (Lipinski definition) is 5. The van der Waals surface area contributed by atoms with Crippen LogP contribution in [0.1, 0.15) is 55.1 Å². The van der Waals surface area contributed by atoms with E-state index in [9.17, 15) is 14.7 Å². The lowest BCUT2D eigenvalue weighted by molar-refractivity contribution is -0.125. The Kier molecular flexibility index (Phi) is 7.87. The Labute approximate surface area is 176 Å². The molecule has 1 saturated heterocycles. The molecule has 0 bridgehead atoms. The van der Waals surface area contributed by atoms with Crippen molar-refractivity contribution in [2.45, 2.75) is 56.7 Å². The van der Waals surface area contributed by atoms with Gasteiger partial charge in [0.15, 0.2) is 0 Å². The molecule has 3 fully saturated rings. The van der Waals surface area contributed by atoms with Gasteiger partial charge in [0.05, 0.1) is 12.1 Å². The average Bonchev–Trinajstić information content (AvgIpc) is 3.10. The highest BCUT2D eigenvalue weighted by Crippen LogP contribution is 2.36. The maximum Gasteiger partial charge on any atom is 0.290 e. The van der Waals surface area contributed by atoms with Gasteiger partial charge in [0, 0.05) is 31.2 Å². The van der Waals surface area contributed by atoms with Gasteiger partial charge in [-0.25, -0.2) is 0 Å². The predicted octanol–water partition coefficient (Wildman–Crippen LogP) is 0.605. The van der Waals surface area contributed by atoms with E-state index >= 15 is 0 Å². The van der Waals surface area contributed by atoms with E-state index in [1.807, 2.05) is 22.9 Å². The van der Waals surface area contributed by atoms with Crippen LogP contribution in [0.15, 0.2) is 18.3 Å². The molecular weight excluding hydrogens is 388 g/mol. The summed E-state index contributed by atoms with van der Waals surface area (Å²) in [5, 5.41) is 23.2. The molecule has 0 aromatic carbocycles. The molecule has 2 aliphatic carbocycles. The normalized spacial score (nSPS) is 26.0. The van der Waals surface area contributed by atoms with E-state index in [1.54, 1.807) is 0 Å². The van der Waals surface area contributed by atoms with E-state index in [0.717, 1.165) is 32.5 Å². The highest BCUT2D eigenvalue weighted by Gasteiger charge is 2.38. The molecule has 0 radical (unpaired) electrons. The van der Waals surface area contributed by atoms with Gasteiger partial charge in [0.2, 0.25) is 5.91 Å². The third kappa shape index (κ3) is 5.82. The lowest BCUT2D eigenvalue weighted by atomic mass is 10.1. The minimum atomic E-state index is -0.674. The van der Waals surface area contributed by atoms with Crippen molar-refractivity contribution < 1.29 is 24.6 Å². The zero-order valence-corrected chi connectivity index (χ0v) is 17.2. The van der Waals surface area contributed by atoms with Crippen molar-refractivity contribution in [3.63, 3.8) is 0 Å². The number of carboxylic acid groups (broad SMARTS) is 1. The van der Waals surface area contributed by atoms with Gasteiger partial charge >= 0.3 is 0 Å². The summed E-state index contributed by atoms with van der Waals surface area (Å²) in [6, 6.07) is 3.77. The molecule has 9 heteroatoms. The van der Waals surface area contributed by atoms with Crippen molar-refractivity contribution in [2.24, 2.45) is 5.92 Å². The van der Waals surface area contributed by atoms with Crippen LogP contribution in [-0.4, -0.2) is 76.3 Å². The molecule has 166 valence electrons. The molecule has 3 atom stereocenters. The molecule has 0 unspecified atom stereocenters. The summed E-state index contributed by atoms with van der Waals surface area (Å²) in [5.41, 5.74) is 0.642. The van der Waals surface area contributed by atoms with Crippen LogP contribution in [0.4, 0.5) is 0 Å². The first-order valence-electron chi connectivity index (χ1n) is 10.8. The molecule has 0 spiro atoms. The molecule has 3 aliphatic rings. The average molecular weight is 421 g/mol. The minimum absolute atomic E-state index is 0.00801. The van der Waals surface area contributed by atoms with Crippen LogP contribution in [-0.2, 0) is 9.59 Å². The second kappa shape index (κ2) is 10.6. The van der Waals surface area contributed by atoms with Crippen LogP contribution >= 0.6 is 0 Å². The van der Waals surface area contributed by atoms with Gasteiger partial charge in [-0.1, -0.05) is 0 Å². The fourth-order valence-electron chi connectivity index (χ4n) is 4.37. The smallest absolute Gasteiger partial charge is 0.290 e. The quantitative estimate of drug-likeness (QED) is 0.479. The van der Waals surface area contributed by atoms with E-state index in [4.69, 9.17) is 9.90 Å². The Morgan fingerprint density at radius 1 is 1.20 bits per heavy atom. The SMILES string of the molecule is O=C(N[C@@H]1C[C@H](C(=O)NCCN2CCCC2)C[C@H]1O)c1cccn1C1CC1.O=CO. The first-order valence-corrected chi connectivity index (χ1v) is 10.8. The Bertz CT molecular complexity index is 727. The molecule has 4 rings (SSSR count). The van der Waals surface area contributed by atoms with Crippen LogP contribution in [0.25, 0.3) is 0 Å². The fraction of sp³-hybridized carbons (Fsp3) is 0.667. The number of likely N-dealkylation sites (tertiary alicyclic amines) is 1. The summed E-state index contributed by atoms with van der Waals surface area (Å²) in [6.45, 7) is 3.53. The summed E-state index contributed by atoms with van der Waals surface area (Å²) < 4.78 is 2.01. The van der Waals surface area contributed by atoms with Gasteiger partial charge in [-0.2, -0.15) is 0 Å². The summed E-state index contributed by atoms with van der Waals surface area (Å²) in [4.78, 5) is 35.7. The first kappa shape index (κ1) is 22.3. The largest absolute Gasteiger partial charge is 0.483 e. The Balaban J connectivity index is 0.000000806. The van der Waals surface area contributed by atoms with Crippen molar-refractivity contribution in [3.8, 4) is 0 Å². The Hall–Kier alpha value is -2.39. The number of aliphatic hydroxyl groups excluding tert-OH is 1. The highest BCUT2D eigenvalue weighted by molar-refractivity contribution is 5.93. The van der Waals surface area contributed by atoms with E-state index in [2.05, 4.69) is 15.5 Å². The second-order valence-corrected chi connectivity index (χ2v) is 8.29. The molecule has 2 amide bonds. The van der Waals surface area contributed by atoms with Gasteiger partial charge in [0.1, 0.15) is 5.69 Å². The van der Waals surface area contributed by atoms with Gasteiger partial charge in [0.25, 0.3) is 12.4 Å². The van der Waals surface area contributed by atoms with Gasteiger partial charge in [-0.05, 0) is 63.7 Å². The molecule has 2 heterocycles. The zero-order chi connectivity index (χ0) is 21.5. The van der Waals surface area contributed by atoms with Crippen molar-refractivity contribution in [3.05, 3.63) is 24.0 Å². The number of nitrogens with zero attached hydrogens (tertiary/aromatic N) is 2. The summed E-state index contributed by atoms with van der Waals surface area (Å²) in [5.74, 6) is -0.406. The van der Waals surface area contributed by atoms with Crippen molar-refractivity contribution in [1.29, 1.82) is 0 Å². The molecule has 2 saturated carbocycles. The number of rotatable bonds is 7. The maximum absolute atomic E-state index is 12.6. The van der Waals surface area contributed by atoms with Crippen LogP contribution in [0.2, 0.25) is 0 Å². The van der Waals surface area contributed by atoms with Crippen molar-refractivity contribution >= 4 is 18.3 Å². The molecule has 9 nitrogen and oxygen atoms in total. The summed E-state index contributed by atoms with van der Waals surface area (Å²) in [6.07, 6.45) is 6.88. The molecule has 30 heavy (non-hydrogen) atoms. The second-order valence-electron chi connectivity index (χ2n) is 8.29. The standard InChI is InChI=1S/C20H30N4O3.CH2O2/c25-18-13-14(19(26)21-7-11-23-8-1-2-9-23)12-16(18)22-20(27)17-4-3-10-24(17)15-5-6-15;2-1-3/h3-4,10,14-16,18,25H,1-2,5-9,11-13H2,(H,21,26)(H,22,27);1H,(H,2,3)/t14-,16+,18+;/m0./s1. The maximum atomic E-state index is 12.6. The van der Waals surface area contributed by atoms with Crippen LogP contribution in [0.5, 0.6) is 0 Å². The monoisotopic (exact) mass is 420 g/mol. The van der Waals surface area contributed by atoms with E-state index in [0.29, 0.717) is 31.1 Å². The van der Waals surface area contributed by atoms with E-state index in [1.165, 1.54) is 12.8 Å². The van der Waals surface area contributed by atoms with Gasteiger partial charge < -0.3 is 30.3 Å². The summed E-state index contributed by atoms with van der Waals surface area (Å²) >= 11 is 0. The van der Waals surface area contributed by atoms with Crippen LogP contribution in [0, 0.1) is 5.92 Å². The highest BCUT2D eigenvalue weighted by atomic mass is 16.3. The first-order chi connectivity index (χ1) is 14.5. The fourth-order valence-corrected chi connectivity index (χ4v) is 4.37. The third-order valence-electron chi connectivity index (χ3n) is 6.09. The van der Waals surface area contributed by atoms with Crippen LogP contribution < -0.4 is 10.6 Å². The van der Waals surface area contributed by atoms with Gasteiger partial charge in [-0.15, -0.1) is 0 Å². The van der Waals surface area contributed by atoms with E-state index < -0.39 is 6.10 Å². The van der Waals surface area contributed by atoms with E-state index in [-0.39, 0.29) is 30.2 Å². The van der Waals surface area contributed by atoms with Crippen molar-refractivity contribution in [2.75, 3.05) is 26.2 Å². The number of aromatic nitrogens is 1. The number of hydrogen-bond donors (Lipinski definition) is 4. The summed E-state index contributed by atoms with van der Waals surface area (Å²) in [7, 11) is 0. The molecule has 4 N–H and O–H groups in total. The van der Waals surface area contributed by atoms with Crippen molar-refractivity contribution in [1.82, 2.24) is 20.1 Å². The Morgan fingerprint density at radius 2 is 1.90 bits per heavy atom. The number of nitrogens with one attached hydrogen (secondary N) is 2. The Morgan fingerprint density at radius 3 is 2.57 bits per heavy atom. The minimum Gasteiger partial charge on any atom is -0.483 e. The van der Waals surface area contributed by atoms with Crippen LogP contribution in [0.3, 0.4) is 0 Å². The predicted molar refractivity (Wildman–Crippen MR) is 110 cm³/mol. The molecule has 1 aliphatic heterocycles. The topological polar surface area (TPSA) is 124 Å². The molecule has 1 aromatic rings. The lowest BCUT2D eigenvalue weighted by Crippen LogP contribution is -2.41. The zero-order valence-electron chi connectivity index (χ0n) is 17.2. The number of aliphatic hydroxyl groups is 1. The van der Waals surface area contributed by atoms with Gasteiger partial charge in [-0.3, -0.25) is 14.4 Å². The lowest BCUT2D eigenvalue weighted by Gasteiger charge is -2.17. The number of carbonyl (C=O) groups is 3.